The summed E-state index contributed by atoms with van der Waals surface area (Å²) in [4.78, 5) is 25.2. The predicted molar refractivity (Wildman–Crippen MR) is 75.6 cm³/mol. The van der Waals surface area contributed by atoms with Gasteiger partial charge in [-0.25, -0.2) is 4.79 Å². The maximum atomic E-state index is 12.1. The van der Waals surface area contributed by atoms with Crippen LogP contribution in [0.3, 0.4) is 0 Å². The van der Waals surface area contributed by atoms with Crippen LogP contribution < -0.4 is 5.32 Å². The second-order valence-corrected chi connectivity index (χ2v) is 6.12. The maximum Gasteiger partial charge on any atom is 0.317 e. The molecule has 1 aliphatic heterocycles. The van der Waals surface area contributed by atoms with Crippen LogP contribution in [-0.2, 0) is 9.53 Å². The molecule has 1 rings (SSSR count). The molecule has 0 radical (unpaired) electrons. The van der Waals surface area contributed by atoms with Crippen molar-refractivity contribution in [3.63, 3.8) is 0 Å². The zero-order valence-corrected chi connectivity index (χ0v) is 12.8. The van der Waals surface area contributed by atoms with E-state index in [2.05, 4.69) is 5.32 Å². The van der Waals surface area contributed by atoms with Gasteiger partial charge in [-0.2, -0.15) is 0 Å². The van der Waals surface area contributed by atoms with Gasteiger partial charge in [0.2, 0.25) is 0 Å². The van der Waals surface area contributed by atoms with Crippen molar-refractivity contribution in [2.45, 2.75) is 39.7 Å². The highest BCUT2D eigenvalue weighted by Gasteiger charge is 2.40. The summed E-state index contributed by atoms with van der Waals surface area (Å²) in [6.45, 7) is 6.97. The van der Waals surface area contributed by atoms with E-state index in [0.717, 1.165) is 12.8 Å². The fourth-order valence-electron chi connectivity index (χ4n) is 2.52. The Bertz CT molecular complexity index is 357. The van der Waals surface area contributed by atoms with Crippen LogP contribution >= 0.6 is 0 Å². The van der Waals surface area contributed by atoms with Crippen LogP contribution in [-0.4, -0.2) is 54.9 Å². The van der Waals surface area contributed by atoms with E-state index in [4.69, 9.17) is 4.74 Å². The van der Waals surface area contributed by atoms with Gasteiger partial charge >= 0.3 is 12.0 Å². The SMILES string of the molecule is COCC(C)NC(=O)N1CCCC(C(C)(C)C(=O)O)C1. The van der Waals surface area contributed by atoms with Crippen molar-refractivity contribution in [3.05, 3.63) is 0 Å². The summed E-state index contributed by atoms with van der Waals surface area (Å²) >= 11 is 0. The lowest BCUT2D eigenvalue weighted by Gasteiger charge is -2.39. The van der Waals surface area contributed by atoms with Gasteiger partial charge < -0.3 is 20.1 Å². The number of urea groups is 1. The number of nitrogens with one attached hydrogen (secondary N) is 1. The number of carbonyl (C=O) groups is 2. The number of rotatable bonds is 5. The highest BCUT2D eigenvalue weighted by Crippen LogP contribution is 2.34. The molecule has 20 heavy (non-hydrogen) atoms. The van der Waals surface area contributed by atoms with E-state index in [1.807, 2.05) is 6.92 Å². The zero-order chi connectivity index (χ0) is 15.3. The third kappa shape index (κ3) is 4.10. The number of methoxy groups -OCH3 is 1. The number of carboxylic acid groups (broad SMARTS) is 1. The van der Waals surface area contributed by atoms with E-state index in [1.165, 1.54) is 0 Å². The van der Waals surface area contributed by atoms with Crippen molar-refractivity contribution in [2.24, 2.45) is 11.3 Å². The topological polar surface area (TPSA) is 78.9 Å². The first kappa shape index (κ1) is 16.8. The van der Waals surface area contributed by atoms with Crippen molar-refractivity contribution >= 4 is 12.0 Å². The van der Waals surface area contributed by atoms with Gasteiger partial charge in [0.05, 0.1) is 18.1 Å². The van der Waals surface area contributed by atoms with E-state index in [1.54, 1.807) is 25.9 Å². The summed E-state index contributed by atoms with van der Waals surface area (Å²) in [6, 6.07) is -0.194. The molecule has 0 spiro atoms. The monoisotopic (exact) mass is 286 g/mol. The Hall–Kier alpha value is -1.30. The zero-order valence-electron chi connectivity index (χ0n) is 12.8. The Kier molecular flexibility index (Phi) is 5.80. The summed E-state index contributed by atoms with van der Waals surface area (Å²) in [5.41, 5.74) is -0.808. The quantitative estimate of drug-likeness (QED) is 0.804. The molecule has 2 atom stereocenters. The third-order valence-electron chi connectivity index (χ3n) is 4.07. The molecular formula is C14H26N2O4. The molecule has 0 bridgehead atoms. The smallest absolute Gasteiger partial charge is 0.317 e. The molecule has 0 aliphatic carbocycles. The normalized spacial score (nSPS) is 21.4. The summed E-state index contributed by atoms with van der Waals surface area (Å²) in [6.07, 6.45) is 1.68. The molecule has 1 fully saturated rings. The van der Waals surface area contributed by atoms with Crippen LogP contribution in [0.2, 0.25) is 0 Å². The van der Waals surface area contributed by atoms with Crippen molar-refractivity contribution in [3.8, 4) is 0 Å². The van der Waals surface area contributed by atoms with E-state index in [9.17, 15) is 14.7 Å². The summed E-state index contributed by atoms with van der Waals surface area (Å²) in [7, 11) is 1.59. The fraction of sp³-hybridized carbons (Fsp3) is 0.857. The van der Waals surface area contributed by atoms with E-state index in [0.29, 0.717) is 19.7 Å². The molecule has 1 heterocycles. The number of nitrogens with zero attached hydrogens (tertiary/aromatic N) is 1. The van der Waals surface area contributed by atoms with Gasteiger partial charge in [-0.3, -0.25) is 4.79 Å². The van der Waals surface area contributed by atoms with Gasteiger partial charge in [0.25, 0.3) is 0 Å². The lowest BCUT2D eigenvalue weighted by atomic mass is 9.74. The molecule has 0 aromatic carbocycles. The minimum absolute atomic E-state index is 0.0165. The Labute approximate surface area is 120 Å². The number of hydrogen-bond acceptors (Lipinski definition) is 3. The first-order valence-electron chi connectivity index (χ1n) is 7.06. The highest BCUT2D eigenvalue weighted by molar-refractivity contribution is 5.76. The number of ether oxygens (including phenoxy) is 1. The lowest BCUT2D eigenvalue weighted by Crippen LogP contribution is -2.52. The van der Waals surface area contributed by atoms with Crippen LogP contribution in [0.25, 0.3) is 0 Å². The minimum atomic E-state index is -0.808. The molecule has 1 saturated heterocycles. The molecule has 0 aromatic rings. The molecule has 2 amide bonds. The van der Waals surface area contributed by atoms with Crippen molar-refractivity contribution < 1.29 is 19.4 Å². The number of hydrogen-bond donors (Lipinski definition) is 2. The Morgan fingerprint density at radius 3 is 2.70 bits per heavy atom. The van der Waals surface area contributed by atoms with E-state index in [-0.39, 0.29) is 18.0 Å². The van der Waals surface area contributed by atoms with Gasteiger partial charge in [-0.05, 0) is 39.5 Å². The second-order valence-electron chi connectivity index (χ2n) is 6.12. The molecule has 6 heteroatoms. The van der Waals surface area contributed by atoms with Crippen LogP contribution in [0.5, 0.6) is 0 Å². The van der Waals surface area contributed by atoms with E-state index < -0.39 is 11.4 Å². The van der Waals surface area contributed by atoms with Crippen molar-refractivity contribution in [1.29, 1.82) is 0 Å². The Morgan fingerprint density at radius 2 is 2.15 bits per heavy atom. The average molecular weight is 286 g/mol. The second kappa shape index (κ2) is 6.92. The fourth-order valence-corrected chi connectivity index (χ4v) is 2.52. The molecular weight excluding hydrogens is 260 g/mol. The summed E-state index contributed by atoms with van der Waals surface area (Å²) in [5, 5.41) is 12.2. The van der Waals surface area contributed by atoms with Gasteiger partial charge in [-0.1, -0.05) is 0 Å². The average Bonchev–Trinajstić information content (AvgIpc) is 2.38. The number of amides is 2. The molecule has 2 unspecified atom stereocenters. The summed E-state index contributed by atoms with van der Waals surface area (Å²) in [5.74, 6) is -0.824. The standard InChI is InChI=1S/C14H26N2O4/c1-10(9-20-4)15-13(19)16-7-5-6-11(8-16)14(2,3)12(17)18/h10-11H,5-9H2,1-4H3,(H,15,19)(H,17,18). The number of likely N-dealkylation sites (tertiary alicyclic amines) is 1. The molecule has 6 nitrogen and oxygen atoms in total. The Morgan fingerprint density at radius 1 is 1.50 bits per heavy atom. The number of carboxylic acids is 1. The largest absolute Gasteiger partial charge is 0.481 e. The van der Waals surface area contributed by atoms with Crippen LogP contribution in [0.1, 0.15) is 33.6 Å². The minimum Gasteiger partial charge on any atom is -0.481 e. The number of aliphatic carboxylic acids is 1. The van der Waals surface area contributed by atoms with Gasteiger partial charge in [0.1, 0.15) is 0 Å². The first-order chi connectivity index (χ1) is 9.28. The van der Waals surface area contributed by atoms with Crippen molar-refractivity contribution in [1.82, 2.24) is 10.2 Å². The molecule has 0 aromatic heterocycles. The van der Waals surface area contributed by atoms with Gasteiger partial charge in [0, 0.05) is 20.2 Å². The van der Waals surface area contributed by atoms with E-state index >= 15 is 0 Å². The molecule has 1 aliphatic rings. The van der Waals surface area contributed by atoms with Gasteiger partial charge in [0.15, 0.2) is 0 Å². The van der Waals surface area contributed by atoms with Crippen LogP contribution in [0.15, 0.2) is 0 Å². The Balaban J connectivity index is 2.60. The molecule has 2 N–H and O–H groups in total. The number of carbonyl (C=O) groups excluding carboxylic acids is 1. The molecule has 116 valence electrons. The van der Waals surface area contributed by atoms with Crippen LogP contribution in [0, 0.1) is 11.3 Å². The summed E-state index contributed by atoms with van der Waals surface area (Å²) < 4.78 is 4.99. The van der Waals surface area contributed by atoms with Gasteiger partial charge in [-0.15, -0.1) is 0 Å². The first-order valence-corrected chi connectivity index (χ1v) is 7.06. The van der Waals surface area contributed by atoms with Crippen molar-refractivity contribution in [2.75, 3.05) is 26.8 Å². The highest BCUT2D eigenvalue weighted by atomic mass is 16.5. The van der Waals surface area contributed by atoms with Crippen LogP contribution in [0.4, 0.5) is 4.79 Å². The third-order valence-corrected chi connectivity index (χ3v) is 4.07. The predicted octanol–water partition coefficient (Wildman–Crippen LogP) is 1.55. The lowest BCUT2D eigenvalue weighted by molar-refractivity contribution is -0.151. The number of piperidine rings is 1. The maximum absolute atomic E-state index is 12.1. The molecule has 0 saturated carbocycles.